The fourth-order valence-corrected chi connectivity index (χ4v) is 1.84. The van der Waals surface area contributed by atoms with Crippen molar-refractivity contribution in [3.8, 4) is 0 Å². The van der Waals surface area contributed by atoms with E-state index in [1.54, 1.807) is 0 Å². The summed E-state index contributed by atoms with van der Waals surface area (Å²) in [6.45, 7) is 2.93. The number of benzene rings is 1. The van der Waals surface area contributed by atoms with E-state index in [1.807, 2.05) is 6.07 Å². The molecule has 0 amide bonds. The van der Waals surface area contributed by atoms with Crippen molar-refractivity contribution in [2.75, 3.05) is 20.6 Å². The first-order valence-electron chi connectivity index (χ1n) is 5.08. The lowest BCUT2D eigenvalue weighted by Gasteiger charge is -2.29. The highest BCUT2D eigenvalue weighted by Crippen LogP contribution is 2.20. The summed E-state index contributed by atoms with van der Waals surface area (Å²) in [5.41, 5.74) is 7.13. The van der Waals surface area contributed by atoms with Crippen LogP contribution in [0.3, 0.4) is 0 Å². The molecule has 0 aromatic heterocycles. The van der Waals surface area contributed by atoms with Crippen LogP contribution < -0.4 is 5.73 Å². The zero-order chi connectivity index (χ0) is 10.6. The topological polar surface area (TPSA) is 29.3 Å². The maximum absolute atomic E-state index is 5.77. The third kappa shape index (κ3) is 2.56. The van der Waals surface area contributed by atoms with Crippen LogP contribution in [0.15, 0.2) is 30.3 Å². The average molecular weight is 192 g/mol. The third-order valence-electron chi connectivity index (χ3n) is 2.81. The quantitative estimate of drug-likeness (QED) is 0.786. The summed E-state index contributed by atoms with van der Waals surface area (Å²) in [5.74, 6) is 0.483. The summed E-state index contributed by atoms with van der Waals surface area (Å²) < 4.78 is 0. The zero-order valence-electron chi connectivity index (χ0n) is 9.27. The Bertz CT molecular complexity index is 256. The Labute approximate surface area is 86.7 Å². The predicted molar refractivity (Wildman–Crippen MR) is 61.4 cm³/mol. The molecule has 0 bridgehead atoms. The summed E-state index contributed by atoms with van der Waals surface area (Å²) in [4.78, 5) is 2.19. The Balaban J connectivity index is 2.78. The standard InChI is InChI=1S/C12H20N2/c1-10(12(9-13)14(2)3)11-7-5-4-6-8-11/h4-8,10,12H,9,13H2,1-3H3. The molecule has 2 nitrogen and oxygen atoms in total. The average Bonchev–Trinajstić information content (AvgIpc) is 2.19. The summed E-state index contributed by atoms with van der Waals surface area (Å²) in [7, 11) is 4.16. The highest BCUT2D eigenvalue weighted by Gasteiger charge is 2.18. The fourth-order valence-electron chi connectivity index (χ4n) is 1.84. The number of nitrogens with zero attached hydrogens (tertiary/aromatic N) is 1. The van der Waals surface area contributed by atoms with Crippen LogP contribution in [0.1, 0.15) is 18.4 Å². The van der Waals surface area contributed by atoms with Crippen LogP contribution in [0.4, 0.5) is 0 Å². The van der Waals surface area contributed by atoms with E-state index < -0.39 is 0 Å². The SMILES string of the molecule is CC(c1ccccc1)C(CN)N(C)C. The molecule has 0 spiro atoms. The van der Waals surface area contributed by atoms with Crippen LogP contribution in [0.5, 0.6) is 0 Å². The van der Waals surface area contributed by atoms with Gasteiger partial charge in [0.2, 0.25) is 0 Å². The van der Waals surface area contributed by atoms with Gasteiger partial charge >= 0.3 is 0 Å². The van der Waals surface area contributed by atoms with E-state index in [9.17, 15) is 0 Å². The monoisotopic (exact) mass is 192 g/mol. The Morgan fingerprint density at radius 3 is 2.21 bits per heavy atom. The van der Waals surface area contributed by atoms with Crippen LogP contribution >= 0.6 is 0 Å². The van der Waals surface area contributed by atoms with E-state index in [0.717, 1.165) is 0 Å². The van der Waals surface area contributed by atoms with Crippen molar-refractivity contribution in [2.24, 2.45) is 5.73 Å². The van der Waals surface area contributed by atoms with E-state index in [4.69, 9.17) is 5.73 Å². The van der Waals surface area contributed by atoms with Gasteiger partial charge in [-0.1, -0.05) is 37.3 Å². The number of likely N-dealkylation sites (N-methyl/N-ethyl adjacent to an activating group) is 1. The molecule has 0 aliphatic heterocycles. The van der Waals surface area contributed by atoms with Gasteiger partial charge in [-0.15, -0.1) is 0 Å². The van der Waals surface area contributed by atoms with Crippen molar-refractivity contribution in [1.29, 1.82) is 0 Å². The molecule has 2 heteroatoms. The molecule has 2 unspecified atom stereocenters. The molecule has 0 radical (unpaired) electrons. The molecule has 2 atom stereocenters. The molecule has 2 N–H and O–H groups in total. The summed E-state index contributed by atoms with van der Waals surface area (Å²) >= 11 is 0. The van der Waals surface area contributed by atoms with Gasteiger partial charge in [0.25, 0.3) is 0 Å². The highest BCUT2D eigenvalue weighted by molar-refractivity contribution is 5.20. The van der Waals surface area contributed by atoms with Crippen molar-refractivity contribution in [1.82, 2.24) is 4.90 Å². The van der Waals surface area contributed by atoms with Gasteiger partial charge in [0.15, 0.2) is 0 Å². The van der Waals surface area contributed by atoms with Crippen LogP contribution in [0.2, 0.25) is 0 Å². The molecule has 0 heterocycles. The van der Waals surface area contributed by atoms with Gasteiger partial charge in [-0.2, -0.15) is 0 Å². The van der Waals surface area contributed by atoms with Crippen molar-refractivity contribution >= 4 is 0 Å². The third-order valence-corrected chi connectivity index (χ3v) is 2.81. The number of nitrogens with two attached hydrogens (primary N) is 1. The lowest BCUT2D eigenvalue weighted by Crippen LogP contribution is -2.39. The van der Waals surface area contributed by atoms with Gasteiger partial charge in [-0.3, -0.25) is 0 Å². The molecule has 0 aliphatic rings. The van der Waals surface area contributed by atoms with E-state index in [2.05, 4.69) is 50.2 Å². The van der Waals surface area contributed by atoms with Gasteiger partial charge in [-0.05, 0) is 25.6 Å². The van der Waals surface area contributed by atoms with Gasteiger partial charge in [0.1, 0.15) is 0 Å². The molecular formula is C12H20N2. The largest absolute Gasteiger partial charge is 0.329 e. The van der Waals surface area contributed by atoms with Crippen molar-refractivity contribution < 1.29 is 0 Å². The molecule has 0 saturated heterocycles. The van der Waals surface area contributed by atoms with Crippen LogP contribution in [0, 0.1) is 0 Å². The minimum absolute atomic E-state index is 0.414. The van der Waals surface area contributed by atoms with Gasteiger partial charge in [-0.25, -0.2) is 0 Å². The minimum atomic E-state index is 0.414. The second kappa shape index (κ2) is 5.13. The lowest BCUT2D eigenvalue weighted by molar-refractivity contribution is 0.267. The second-order valence-corrected chi connectivity index (χ2v) is 3.97. The number of hydrogen-bond acceptors (Lipinski definition) is 2. The van der Waals surface area contributed by atoms with Crippen molar-refractivity contribution in [3.05, 3.63) is 35.9 Å². The Morgan fingerprint density at radius 2 is 1.79 bits per heavy atom. The molecule has 1 aromatic rings. The molecule has 0 fully saturated rings. The summed E-state index contributed by atoms with van der Waals surface area (Å²) in [5, 5.41) is 0. The Hall–Kier alpha value is -0.860. The molecular weight excluding hydrogens is 172 g/mol. The number of hydrogen-bond donors (Lipinski definition) is 1. The van der Waals surface area contributed by atoms with Crippen molar-refractivity contribution in [2.45, 2.75) is 18.9 Å². The molecule has 0 saturated carbocycles. The first kappa shape index (κ1) is 11.2. The normalized spacial score (nSPS) is 15.5. The van der Waals surface area contributed by atoms with E-state index in [1.165, 1.54) is 5.56 Å². The predicted octanol–water partition coefficient (Wildman–Crippen LogP) is 1.68. The Morgan fingerprint density at radius 1 is 1.21 bits per heavy atom. The number of rotatable bonds is 4. The first-order chi connectivity index (χ1) is 6.66. The van der Waals surface area contributed by atoms with E-state index in [-0.39, 0.29) is 0 Å². The highest BCUT2D eigenvalue weighted by atomic mass is 15.1. The molecule has 1 rings (SSSR count). The molecule has 14 heavy (non-hydrogen) atoms. The van der Waals surface area contributed by atoms with Gasteiger partial charge in [0.05, 0.1) is 0 Å². The van der Waals surface area contributed by atoms with Crippen LogP contribution in [-0.4, -0.2) is 31.6 Å². The fraction of sp³-hybridized carbons (Fsp3) is 0.500. The molecule has 1 aromatic carbocycles. The first-order valence-corrected chi connectivity index (χ1v) is 5.08. The Kier molecular flexibility index (Phi) is 4.11. The van der Waals surface area contributed by atoms with E-state index in [0.29, 0.717) is 18.5 Å². The van der Waals surface area contributed by atoms with Gasteiger partial charge in [0, 0.05) is 12.6 Å². The molecule has 0 aliphatic carbocycles. The summed E-state index contributed by atoms with van der Waals surface area (Å²) in [6, 6.07) is 10.9. The van der Waals surface area contributed by atoms with E-state index >= 15 is 0 Å². The maximum atomic E-state index is 5.77. The zero-order valence-corrected chi connectivity index (χ0v) is 9.27. The maximum Gasteiger partial charge on any atom is 0.0278 e. The summed E-state index contributed by atoms with van der Waals surface area (Å²) in [6.07, 6.45) is 0. The minimum Gasteiger partial charge on any atom is -0.329 e. The smallest absolute Gasteiger partial charge is 0.0278 e. The van der Waals surface area contributed by atoms with Gasteiger partial charge < -0.3 is 10.6 Å². The lowest BCUT2D eigenvalue weighted by atomic mass is 9.93. The second-order valence-electron chi connectivity index (χ2n) is 3.97. The van der Waals surface area contributed by atoms with Crippen LogP contribution in [0.25, 0.3) is 0 Å². The molecule has 78 valence electrons. The van der Waals surface area contributed by atoms with Crippen molar-refractivity contribution in [3.63, 3.8) is 0 Å². The van der Waals surface area contributed by atoms with Crippen LogP contribution in [-0.2, 0) is 0 Å².